The van der Waals surface area contributed by atoms with E-state index in [0.29, 0.717) is 18.1 Å². The van der Waals surface area contributed by atoms with Gasteiger partial charge in [-0.1, -0.05) is 0 Å². The molecule has 2 atom stereocenters. The van der Waals surface area contributed by atoms with Crippen molar-refractivity contribution in [2.45, 2.75) is 45.8 Å². The third kappa shape index (κ3) is 3.74. The van der Waals surface area contributed by atoms with E-state index in [1.807, 2.05) is 7.05 Å². The molecule has 3 nitrogen and oxygen atoms in total. The summed E-state index contributed by atoms with van der Waals surface area (Å²) in [6.07, 6.45) is 0. The lowest BCUT2D eigenvalue weighted by atomic mass is 10.1. The zero-order valence-electron chi connectivity index (χ0n) is 11.0. The molecule has 0 aromatic rings. The summed E-state index contributed by atoms with van der Waals surface area (Å²) in [4.78, 5) is 5.17. The molecule has 0 aliphatic carbocycles. The zero-order chi connectivity index (χ0) is 11.4. The predicted molar refractivity (Wildman–Crippen MR) is 66.3 cm³/mol. The summed E-state index contributed by atoms with van der Waals surface area (Å²) in [5.41, 5.74) is 0. The fourth-order valence-electron chi connectivity index (χ4n) is 2.46. The van der Waals surface area contributed by atoms with Crippen LogP contribution in [0.5, 0.6) is 0 Å². The van der Waals surface area contributed by atoms with Crippen LogP contribution in [-0.2, 0) is 0 Å². The summed E-state index contributed by atoms with van der Waals surface area (Å²) in [6.45, 7) is 14.0. The number of hydrogen-bond acceptors (Lipinski definition) is 3. The van der Waals surface area contributed by atoms with E-state index in [-0.39, 0.29) is 0 Å². The molecule has 0 radical (unpaired) electrons. The van der Waals surface area contributed by atoms with Crippen molar-refractivity contribution in [1.29, 1.82) is 0 Å². The molecule has 1 aliphatic rings. The van der Waals surface area contributed by atoms with E-state index in [2.05, 4.69) is 42.8 Å². The van der Waals surface area contributed by atoms with Crippen LogP contribution < -0.4 is 5.32 Å². The average Bonchev–Trinajstić information content (AvgIpc) is 2.17. The Morgan fingerprint density at radius 3 is 2.40 bits per heavy atom. The molecule has 0 aromatic heterocycles. The highest BCUT2D eigenvalue weighted by atomic mass is 15.3. The van der Waals surface area contributed by atoms with Crippen molar-refractivity contribution in [1.82, 2.24) is 15.1 Å². The van der Waals surface area contributed by atoms with Crippen molar-refractivity contribution in [3.63, 3.8) is 0 Å². The van der Waals surface area contributed by atoms with E-state index in [4.69, 9.17) is 0 Å². The molecule has 1 fully saturated rings. The van der Waals surface area contributed by atoms with Gasteiger partial charge in [-0.05, 0) is 34.7 Å². The van der Waals surface area contributed by atoms with Gasteiger partial charge in [-0.3, -0.25) is 9.80 Å². The van der Waals surface area contributed by atoms with E-state index in [0.717, 1.165) is 0 Å². The SMILES string of the molecule is CNC(C)CN1CCN(C(C)C)C(C)C1. The van der Waals surface area contributed by atoms with Crippen molar-refractivity contribution >= 4 is 0 Å². The highest BCUT2D eigenvalue weighted by Crippen LogP contribution is 2.12. The second kappa shape index (κ2) is 5.83. The molecule has 0 aromatic carbocycles. The van der Waals surface area contributed by atoms with Gasteiger partial charge in [0.25, 0.3) is 0 Å². The van der Waals surface area contributed by atoms with Gasteiger partial charge in [-0.2, -0.15) is 0 Å². The topological polar surface area (TPSA) is 18.5 Å². The molecule has 0 saturated carbocycles. The molecule has 0 amide bonds. The minimum Gasteiger partial charge on any atom is -0.316 e. The summed E-state index contributed by atoms with van der Waals surface area (Å²) in [7, 11) is 2.04. The van der Waals surface area contributed by atoms with Gasteiger partial charge in [0.1, 0.15) is 0 Å². The predicted octanol–water partition coefficient (Wildman–Crippen LogP) is 1.01. The van der Waals surface area contributed by atoms with Gasteiger partial charge in [0.2, 0.25) is 0 Å². The smallest absolute Gasteiger partial charge is 0.0198 e. The van der Waals surface area contributed by atoms with Gasteiger partial charge in [0, 0.05) is 44.3 Å². The van der Waals surface area contributed by atoms with Crippen molar-refractivity contribution in [2.75, 3.05) is 33.2 Å². The van der Waals surface area contributed by atoms with Gasteiger partial charge in [-0.15, -0.1) is 0 Å². The first-order chi connectivity index (χ1) is 7.04. The molecule has 2 unspecified atom stereocenters. The zero-order valence-corrected chi connectivity index (χ0v) is 11.0. The third-order valence-corrected chi connectivity index (χ3v) is 3.45. The van der Waals surface area contributed by atoms with E-state index in [1.165, 1.54) is 26.2 Å². The molecule has 0 bridgehead atoms. The lowest BCUT2D eigenvalue weighted by Crippen LogP contribution is -2.55. The third-order valence-electron chi connectivity index (χ3n) is 3.45. The van der Waals surface area contributed by atoms with Gasteiger partial charge < -0.3 is 5.32 Å². The van der Waals surface area contributed by atoms with Crippen LogP contribution in [-0.4, -0.2) is 61.2 Å². The Labute approximate surface area is 94.8 Å². The molecule has 15 heavy (non-hydrogen) atoms. The highest BCUT2D eigenvalue weighted by Gasteiger charge is 2.25. The van der Waals surface area contributed by atoms with Crippen LogP contribution in [0, 0.1) is 0 Å². The van der Waals surface area contributed by atoms with Crippen LogP contribution in [0.25, 0.3) is 0 Å². The quantitative estimate of drug-likeness (QED) is 0.752. The summed E-state index contributed by atoms with van der Waals surface area (Å²) in [5, 5.41) is 3.31. The van der Waals surface area contributed by atoms with Crippen LogP contribution in [0.15, 0.2) is 0 Å². The van der Waals surface area contributed by atoms with Crippen molar-refractivity contribution < 1.29 is 0 Å². The molecule has 90 valence electrons. The monoisotopic (exact) mass is 213 g/mol. The summed E-state index contributed by atoms with van der Waals surface area (Å²) in [6, 6.07) is 1.98. The summed E-state index contributed by atoms with van der Waals surface area (Å²) >= 11 is 0. The van der Waals surface area contributed by atoms with Gasteiger partial charge >= 0.3 is 0 Å². The van der Waals surface area contributed by atoms with E-state index < -0.39 is 0 Å². The van der Waals surface area contributed by atoms with Crippen LogP contribution in [0.4, 0.5) is 0 Å². The molecule has 0 spiro atoms. The highest BCUT2D eigenvalue weighted by molar-refractivity contribution is 4.82. The van der Waals surface area contributed by atoms with Gasteiger partial charge in [0.05, 0.1) is 0 Å². The number of piperazine rings is 1. The Hall–Kier alpha value is -0.120. The normalized spacial score (nSPS) is 27.2. The first-order valence-electron chi connectivity index (χ1n) is 6.20. The Bertz CT molecular complexity index is 182. The minimum absolute atomic E-state index is 0.600. The maximum Gasteiger partial charge on any atom is 0.0198 e. The lowest BCUT2D eigenvalue weighted by Gasteiger charge is -2.42. The Morgan fingerprint density at radius 1 is 1.27 bits per heavy atom. The average molecular weight is 213 g/mol. The van der Waals surface area contributed by atoms with E-state index in [9.17, 15) is 0 Å². The largest absolute Gasteiger partial charge is 0.316 e. The molecule has 3 heteroatoms. The Balaban J connectivity index is 2.37. The summed E-state index contributed by atoms with van der Waals surface area (Å²) < 4.78 is 0. The molecular weight excluding hydrogens is 186 g/mol. The number of likely N-dealkylation sites (N-methyl/N-ethyl adjacent to an activating group) is 1. The first kappa shape index (κ1) is 12.9. The Morgan fingerprint density at radius 2 is 1.93 bits per heavy atom. The van der Waals surface area contributed by atoms with Crippen LogP contribution in [0.3, 0.4) is 0 Å². The van der Waals surface area contributed by atoms with Crippen LogP contribution >= 0.6 is 0 Å². The van der Waals surface area contributed by atoms with Crippen molar-refractivity contribution in [3.05, 3.63) is 0 Å². The molecule has 1 saturated heterocycles. The fraction of sp³-hybridized carbons (Fsp3) is 1.00. The fourth-order valence-corrected chi connectivity index (χ4v) is 2.46. The number of rotatable bonds is 4. The summed E-state index contributed by atoms with van der Waals surface area (Å²) in [5.74, 6) is 0. The first-order valence-corrected chi connectivity index (χ1v) is 6.20. The van der Waals surface area contributed by atoms with Gasteiger partial charge in [-0.25, -0.2) is 0 Å². The second-order valence-electron chi connectivity index (χ2n) is 5.13. The lowest BCUT2D eigenvalue weighted by molar-refractivity contribution is 0.0567. The molecule has 1 N–H and O–H groups in total. The standard InChI is InChI=1S/C12H27N3/c1-10(2)15-7-6-14(9-12(15)4)8-11(3)13-5/h10-13H,6-9H2,1-5H3. The van der Waals surface area contributed by atoms with E-state index >= 15 is 0 Å². The van der Waals surface area contributed by atoms with Crippen molar-refractivity contribution in [3.8, 4) is 0 Å². The minimum atomic E-state index is 0.600. The molecule has 1 heterocycles. The van der Waals surface area contributed by atoms with E-state index in [1.54, 1.807) is 0 Å². The van der Waals surface area contributed by atoms with Crippen LogP contribution in [0.1, 0.15) is 27.7 Å². The Kier molecular flexibility index (Phi) is 5.03. The maximum atomic E-state index is 3.31. The molecular formula is C12H27N3. The maximum absolute atomic E-state index is 3.31. The van der Waals surface area contributed by atoms with Gasteiger partial charge in [0.15, 0.2) is 0 Å². The van der Waals surface area contributed by atoms with Crippen LogP contribution in [0.2, 0.25) is 0 Å². The second-order valence-corrected chi connectivity index (χ2v) is 5.13. The van der Waals surface area contributed by atoms with Crippen molar-refractivity contribution in [2.24, 2.45) is 0 Å². The number of hydrogen-bond donors (Lipinski definition) is 1. The molecule has 1 aliphatic heterocycles. The molecule has 1 rings (SSSR count). The number of nitrogens with one attached hydrogen (secondary N) is 1. The number of nitrogens with zero attached hydrogens (tertiary/aromatic N) is 2.